The maximum absolute atomic E-state index is 12.3. The van der Waals surface area contributed by atoms with Crippen LogP contribution in [-0.4, -0.2) is 75.9 Å². The van der Waals surface area contributed by atoms with Gasteiger partial charge in [-0.2, -0.15) is 0 Å². The molecule has 0 aliphatic heterocycles. The molecule has 0 saturated carbocycles. The van der Waals surface area contributed by atoms with E-state index in [0.29, 0.717) is 0 Å². The number of nitrogens with two attached hydrogens (primary N) is 3. The summed E-state index contributed by atoms with van der Waals surface area (Å²) in [6.07, 6.45) is -1.90. The second-order valence-electron chi connectivity index (χ2n) is 6.57. The molecule has 0 aliphatic carbocycles. The van der Waals surface area contributed by atoms with Crippen molar-refractivity contribution in [2.24, 2.45) is 17.2 Å². The van der Waals surface area contributed by atoms with Crippen LogP contribution in [0.4, 0.5) is 0 Å². The lowest BCUT2D eigenvalue weighted by Gasteiger charge is -2.22. The molecule has 0 fully saturated rings. The summed E-state index contributed by atoms with van der Waals surface area (Å²) in [4.78, 5) is 80.2. The van der Waals surface area contributed by atoms with E-state index in [4.69, 9.17) is 27.4 Å². The first-order valence-corrected chi connectivity index (χ1v) is 8.92. The Morgan fingerprint density at radius 3 is 1.77 bits per heavy atom. The van der Waals surface area contributed by atoms with Gasteiger partial charge in [0, 0.05) is 6.42 Å². The Labute approximate surface area is 176 Å². The van der Waals surface area contributed by atoms with E-state index in [1.54, 1.807) is 0 Å². The summed E-state index contributed by atoms with van der Waals surface area (Å²) >= 11 is 0. The van der Waals surface area contributed by atoms with Crippen molar-refractivity contribution in [2.45, 2.75) is 56.8 Å². The summed E-state index contributed by atoms with van der Waals surface area (Å²) < 4.78 is 0. The first-order chi connectivity index (χ1) is 14.2. The van der Waals surface area contributed by atoms with Crippen molar-refractivity contribution in [1.29, 1.82) is 0 Å². The molecule has 0 aliphatic rings. The highest BCUT2D eigenvalue weighted by atomic mass is 16.4. The fourth-order valence-corrected chi connectivity index (χ4v) is 2.17. The fourth-order valence-electron chi connectivity index (χ4n) is 2.17. The number of carbonyl (C=O) groups is 7. The Kier molecular flexibility index (Phi) is 11.2. The van der Waals surface area contributed by atoms with Gasteiger partial charge in [0.15, 0.2) is 0 Å². The fraction of sp³-hybridized carbons (Fsp3) is 0.562. The minimum atomic E-state index is -1.64. The molecule has 0 bridgehead atoms. The maximum Gasteiger partial charge on any atom is 0.326 e. The Morgan fingerprint density at radius 1 is 0.774 bits per heavy atom. The molecule has 5 amide bonds. The lowest BCUT2D eigenvalue weighted by atomic mass is 10.1. The van der Waals surface area contributed by atoms with E-state index in [1.165, 1.54) is 0 Å². The summed E-state index contributed by atoms with van der Waals surface area (Å²) in [6, 6.07) is -5.87. The highest BCUT2D eigenvalue weighted by Gasteiger charge is 2.30. The van der Waals surface area contributed by atoms with Crippen LogP contribution in [0.25, 0.3) is 0 Å². The third-order valence-corrected chi connectivity index (χ3v) is 3.82. The van der Waals surface area contributed by atoms with Gasteiger partial charge in [-0.25, -0.2) is 4.79 Å². The van der Waals surface area contributed by atoms with Crippen LogP contribution in [0, 0.1) is 0 Å². The SMILES string of the molecule is CC(NC(=O)C(CC(=O)O)NC(=O)C(N)CCC(N)=O)C(=O)NC(CC(N)=O)C(=O)O. The molecule has 0 aromatic rings. The largest absolute Gasteiger partial charge is 0.481 e. The summed E-state index contributed by atoms with van der Waals surface area (Å²) in [7, 11) is 0. The molecule has 0 heterocycles. The average Bonchev–Trinajstić information content (AvgIpc) is 2.63. The van der Waals surface area contributed by atoms with Gasteiger partial charge in [0.05, 0.1) is 18.9 Å². The molecule has 4 unspecified atom stereocenters. The lowest BCUT2D eigenvalue weighted by molar-refractivity contribution is -0.144. The van der Waals surface area contributed by atoms with E-state index in [-0.39, 0.29) is 12.8 Å². The van der Waals surface area contributed by atoms with Crippen molar-refractivity contribution in [2.75, 3.05) is 0 Å². The molecule has 11 N–H and O–H groups in total. The molecule has 15 nitrogen and oxygen atoms in total. The number of carbonyl (C=O) groups excluding carboxylic acids is 5. The van der Waals surface area contributed by atoms with Gasteiger partial charge in [-0.1, -0.05) is 0 Å². The van der Waals surface area contributed by atoms with Crippen LogP contribution < -0.4 is 33.2 Å². The Balaban J connectivity index is 5.09. The summed E-state index contributed by atoms with van der Waals surface area (Å²) in [5.74, 6) is -7.67. The van der Waals surface area contributed by atoms with E-state index in [1.807, 2.05) is 5.32 Å². The molecule has 0 radical (unpaired) electrons. The first kappa shape index (κ1) is 27.2. The van der Waals surface area contributed by atoms with E-state index in [9.17, 15) is 33.6 Å². The number of nitrogens with one attached hydrogen (secondary N) is 3. The van der Waals surface area contributed by atoms with Gasteiger partial charge in [-0.05, 0) is 13.3 Å². The predicted molar refractivity (Wildman–Crippen MR) is 102 cm³/mol. The first-order valence-electron chi connectivity index (χ1n) is 8.92. The van der Waals surface area contributed by atoms with Gasteiger partial charge in [-0.15, -0.1) is 0 Å². The number of aliphatic carboxylic acids is 2. The van der Waals surface area contributed by atoms with Gasteiger partial charge in [-0.3, -0.25) is 28.8 Å². The normalized spacial score (nSPS) is 14.3. The van der Waals surface area contributed by atoms with E-state index < -0.39 is 78.5 Å². The number of rotatable bonds is 14. The van der Waals surface area contributed by atoms with Gasteiger partial charge < -0.3 is 43.4 Å². The molecule has 4 atom stereocenters. The second kappa shape index (κ2) is 12.7. The van der Waals surface area contributed by atoms with Crippen molar-refractivity contribution in [3.63, 3.8) is 0 Å². The van der Waals surface area contributed by atoms with Gasteiger partial charge in [0.1, 0.15) is 18.1 Å². The van der Waals surface area contributed by atoms with Crippen LogP contribution in [0.3, 0.4) is 0 Å². The highest BCUT2D eigenvalue weighted by Crippen LogP contribution is 2.00. The van der Waals surface area contributed by atoms with Crippen molar-refractivity contribution in [3.05, 3.63) is 0 Å². The summed E-state index contributed by atoms with van der Waals surface area (Å²) in [5, 5.41) is 24.2. The molecular formula is C16H26N6O9. The smallest absolute Gasteiger partial charge is 0.326 e. The topological polar surface area (TPSA) is 274 Å². The van der Waals surface area contributed by atoms with Gasteiger partial charge in [0.25, 0.3) is 0 Å². The maximum atomic E-state index is 12.3. The van der Waals surface area contributed by atoms with Crippen LogP contribution in [-0.2, 0) is 33.6 Å². The molecule has 0 aromatic heterocycles. The Bertz CT molecular complexity index is 741. The van der Waals surface area contributed by atoms with Crippen LogP contribution >= 0.6 is 0 Å². The predicted octanol–water partition coefficient (Wildman–Crippen LogP) is -4.51. The van der Waals surface area contributed by atoms with Crippen molar-refractivity contribution >= 4 is 41.5 Å². The Hall–Kier alpha value is -3.75. The third-order valence-electron chi connectivity index (χ3n) is 3.82. The quantitative estimate of drug-likeness (QED) is 0.126. The van der Waals surface area contributed by atoms with Crippen LogP contribution in [0.15, 0.2) is 0 Å². The molecular weight excluding hydrogens is 420 g/mol. The van der Waals surface area contributed by atoms with E-state index >= 15 is 0 Å². The molecule has 0 aromatic carbocycles. The molecule has 15 heteroatoms. The monoisotopic (exact) mass is 446 g/mol. The average molecular weight is 446 g/mol. The molecule has 31 heavy (non-hydrogen) atoms. The van der Waals surface area contributed by atoms with Crippen molar-refractivity contribution in [3.8, 4) is 0 Å². The molecule has 0 spiro atoms. The molecule has 0 rings (SSSR count). The minimum absolute atomic E-state index is 0.141. The number of carboxylic acids is 2. The van der Waals surface area contributed by atoms with Crippen molar-refractivity contribution in [1.82, 2.24) is 16.0 Å². The standard InChI is InChI=1S/C16H26N6O9/c1-6(13(27)22-9(16(30)31)4-11(19)24)20-15(29)8(5-12(25)26)21-14(28)7(17)2-3-10(18)23/h6-9H,2-5,17H2,1H3,(H2,18,23)(H2,19,24)(H,20,29)(H,21,28)(H,22,27)(H,25,26)(H,30,31). The minimum Gasteiger partial charge on any atom is -0.481 e. The lowest BCUT2D eigenvalue weighted by Crippen LogP contribution is -2.57. The number of hydrogen-bond acceptors (Lipinski definition) is 8. The zero-order valence-electron chi connectivity index (χ0n) is 16.6. The number of hydrogen-bond donors (Lipinski definition) is 8. The number of carboxylic acid groups (broad SMARTS) is 2. The molecule has 174 valence electrons. The van der Waals surface area contributed by atoms with E-state index in [2.05, 4.69) is 10.6 Å². The molecule has 0 saturated heterocycles. The number of primary amides is 2. The van der Waals surface area contributed by atoms with Crippen molar-refractivity contribution < 1.29 is 43.8 Å². The Morgan fingerprint density at radius 2 is 1.32 bits per heavy atom. The highest BCUT2D eigenvalue weighted by molar-refractivity contribution is 5.96. The van der Waals surface area contributed by atoms with Crippen LogP contribution in [0.1, 0.15) is 32.6 Å². The summed E-state index contributed by atoms with van der Waals surface area (Å²) in [5.41, 5.74) is 15.4. The zero-order valence-corrected chi connectivity index (χ0v) is 16.6. The van der Waals surface area contributed by atoms with Gasteiger partial charge in [0.2, 0.25) is 29.5 Å². The van der Waals surface area contributed by atoms with E-state index in [0.717, 1.165) is 6.92 Å². The second-order valence-corrected chi connectivity index (χ2v) is 6.57. The number of amides is 5. The van der Waals surface area contributed by atoms with Gasteiger partial charge >= 0.3 is 11.9 Å². The third kappa shape index (κ3) is 11.1. The summed E-state index contributed by atoms with van der Waals surface area (Å²) in [6.45, 7) is 1.16. The zero-order chi connectivity index (χ0) is 24.3. The van der Waals surface area contributed by atoms with Crippen LogP contribution in [0.2, 0.25) is 0 Å². The van der Waals surface area contributed by atoms with Crippen LogP contribution in [0.5, 0.6) is 0 Å².